The normalized spacial score (nSPS) is 12.4. The molecule has 0 aliphatic carbocycles. The van der Waals surface area contributed by atoms with Gasteiger partial charge in [0.15, 0.2) is 0 Å². The molecule has 5 heteroatoms. The van der Waals surface area contributed by atoms with E-state index in [9.17, 15) is 9.90 Å². The summed E-state index contributed by atoms with van der Waals surface area (Å²) in [4.78, 5) is 13.9. The van der Waals surface area contributed by atoms with Crippen LogP contribution in [0.1, 0.15) is 25.3 Å². The van der Waals surface area contributed by atoms with Gasteiger partial charge in [0, 0.05) is 30.9 Å². The summed E-state index contributed by atoms with van der Waals surface area (Å²) in [5, 5.41) is 12.1. The maximum atomic E-state index is 11.9. The van der Waals surface area contributed by atoms with Gasteiger partial charge in [0.2, 0.25) is 5.91 Å². The molecule has 112 valence electrons. The summed E-state index contributed by atoms with van der Waals surface area (Å²) >= 11 is 0. The molecule has 0 fully saturated rings. The van der Waals surface area contributed by atoms with Gasteiger partial charge in [-0.1, -0.05) is 0 Å². The van der Waals surface area contributed by atoms with E-state index in [-0.39, 0.29) is 12.0 Å². The molecule has 4 N–H and O–H groups in total. The van der Waals surface area contributed by atoms with Crippen molar-refractivity contribution in [3.8, 4) is 0 Å². The molecule has 20 heavy (non-hydrogen) atoms. The quantitative estimate of drug-likeness (QED) is 0.663. The Morgan fingerprint density at radius 3 is 2.75 bits per heavy atom. The third kappa shape index (κ3) is 6.04. The van der Waals surface area contributed by atoms with Crippen molar-refractivity contribution >= 4 is 17.3 Å². The number of rotatable bonds is 7. The average molecular weight is 279 g/mol. The molecule has 5 nitrogen and oxygen atoms in total. The van der Waals surface area contributed by atoms with Gasteiger partial charge in [-0.15, -0.1) is 0 Å². The number of amides is 1. The van der Waals surface area contributed by atoms with Crippen LogP contribution in [0.2, 0.25) is 0 Å². The molecule has 1 aromatic carbocycles. The van der Waals surface area contributed by atoms with Crippen LogP contribution in [0, 0.1) is 6.92 Å². The maximum absolute atomic E-state index is 11.9. The van der Waals surface area contributed by atoms with Crippen molar-refractivity contribution in [3.05, 3.63) is 23.8 Å². The Labute approximate surface area is 120 Å². The topological polar surface area (TPSA) is 78.6 Å². The van der Waals surface area contributed by atoms with Gasteiger partial charge in [-0.25, -0.2) is 0 Å². The van der Waals surface area contributed by atoms with E-state index in [1.54, 1.807) is 13.0 Å². The Bertz CT molecular complexity index is 447. The first kappa shape index (κ1) is 16.5. The molecule has 0 spiro atoms. The number of benzene rings is 1. The standard InChI is InChI=1S/C15H25N3O2/c1-11-10-13(16)4-5-14(11)17-15(20)7-9-18(3)8-6-12(2)19/h4-5,10,12,19H,6-9,16H2,1-3H3,(H,17,20). The molecule has 0 saturated carbocycles. The van der Waals surface area contributed by atoms with Crippen LogP contribution in [0.3, 0.4) is 0 Å². The number of anilines is 2. The molecule has 0 heterocycles. The van der Waals surface area contributed by atoms with E-state index in [0.717, 1.165) is 24.2 Å². The summed E-state index contributed by atoms with van der Waals surface area (Å²) < 4.78 is 0. The highest BCUT2D eigenvalue weighted by molar-refractivity contribution is 5.91. The van der Waals surface area contributed by atoms with Crippen molar-refractivity contribution < 1.29 is 9.90 Å². The zero-order valence-corrected chi connectivity index (χ0v) is 12.5. The summed E-state index contributed by atoms with van der Waals surface area (Å²) in [6.07, 6.45) is 0.846. The predicted octanol–water partition coefficient (Wildman–Crippen LogP) is 1.61. The molecule has 0 aliphatic heterocycles. The lowest BCUT2D eigenvalue weighted by Crippen LogP contribution is -2.27. The van der Waals surface area contributed by atoms with Gasteiger partial charge in [0.25, 0.3) is 0 Å². The van der Waals surface area contributed by atoms with Crippen molar-refractivity contribution in [3.63, 3.8) is 0 Å². The zero-order chi connectivity index (χ0) is 15.1. The highest BCUT2D eigenvalue weighted by Crippen LogP contribution is 2.17. The van der Waals surface area contributed by atoms with Crippen molar-refractivity contribution in [2.24, 2.45) is 0 Å². The Kier molecular flexibility index (Phi) is 6.48. The predicted molar refractivity (Wildman–Crippen MR) is 82.6 cm³/mol. The number of hydrogen-bond acceptors (Lipinski definition) is 4. The van der Waals surface area contributed by atoms with Crippen LogP contribution in [0.15, 0.2) is 18.2 Å². The van der Waals surface area contributed by atoms with E-state index >= 15 is 0 Å². The number of aliphatic hydroxyl groups excluding tert-OH is 1. The summed E-state index contributed by atoms with van der Waals surface area (Å²) in [6, 6.07) is 5.43. The lowest BCUT2D eigenvalue weighted by atomic mass is 10.1. The number of nitrogens with zero attached hydrogens (tertiary/aromatic N) is 1. The van der Waals surface area contributed by atoms with Crippen molar-refractivity contribution in [2.45, 2.75) is 32.8 Å². The molecule has 1 atom stereocenters. The number of hydrogen-bond donors (Lipinski definition) is 3. The molecular formula is C15H25N3O2. The molecule has 0 saturated heterocycles. The molecule has 0 aliphatic rings. The molecule has 1 aromatic rings. The van der Waals surface area contributed by atoms with E-state index in [1.165, 1.54) is 0 Å². The highest BCUT2D eigenvalue weighted by Gasteiger charge is 2.07. The third-order valence-electron chi connectivity index (χ3n) is 3.17. The van der Waals surface area contributed by atoms with Gasteiger partial charge in [0.1, 0.15) is 0 Å². The third-order valence-corrected chi connectivity index (χ3v) is 3.17. The molecule has 1 unspecified atom stereocenters. The van der Waals surface area contributed by atoms with Crippen LogP contribution in [-0.2, 0) is 4.79 Å². The fourth-order valence-electron chi connectivity index (χ4n) is 1.85. The summed E-state index contributed by atoms with van der Waals surface area (Å²) in [5.41, 5.74) is 8.13. The van der Waals surface area contributed by atoms with E-state index in [0.29, 0.717) is 18.7 Å². The SMILES string of the molecule is Cc1cc(N)ccc1NC(=O)CCN(C)CCC(C)O. The van der Waals surface area contributed by atoms with Crippen molar-refractivity contribution in [1.82, 2.24) is 4.90 Å². The van der Waals surface area contributed by atoms with Crippen LogP contribution in [0.25, 0.3) is 0 Å². The molecule has 1 amide bonds. The smallest absolute Gasteiger partial charge is 0.225 e. The first-order valence-corrected chi connectivity index (χ1v) is 6.91. The van der Waals surface area contributed by atoms with Crippen molar-refractivity contribution in [2.75, 3.05) is 31.2 Å². The second kappa shape index (κ2) is 7.87. The van der Waals surface area contributed by atoms with Crippen LogP contribution in [0.4, 0.5) is 11.4 Å². The van der Waals surface area contributed by atoms with E-state index in [4.69, 9.17) is 5.73 Å². The minimum Gasteiger partial charge on any atom is -0.399 e. The molecular weight excluding hydrogens is 254 g/mol. The van der Waals surface area contributed by atoms with Crippen LogP contribution >= 0.6 is 0 Å². The van der Waals surface area contributed by atoms with Gasteiger partial charge in [-0.2, -0.15) is 0 Å². The molecule has 0 bridgehead atoms. The van der Waals surface area contributed by atoms with Gasteiger partial charge in [0.05, 0.1) is 6.10 Å². The van der Waals surface area contributed by atoms with Crippen LogP contribution in [0.5, 0.6) is 0 Å². The molecule has 1 rings (SSSR count). The first-order valence-electron chi connectivity index (χ1n) is 6.91. The van der Waals surface area contributed by atoms with Crippen LogP contribution < -0.4 is 11.1 Å². The number of aryl methyl sites for hydroxylation is 1. The molecule has 0 aromatic heterocycles. The second-order valence-corrected chi connectivity index (χ2v) is 5.31. The number of nitrogens with two attached hydrogens (primary N) is 1. The Morgan fingerprint density at radius 1 is 1.45 bits per heavy atom. The minimum absolute atomic E-state index is 0.0123. The van der Waals surface area contributed by atoms with Gasteiger partial charge >= 0.3 is 0 Å². The fourth-order valence-corrected chi connectivity index (χ4v) is 1.85. The number of carbonyl (C=O) groups is 1. The van der Waals surface area contributed by atoms with Gasteiger partial charge in [-0.3, -0.25) is 4.79 Å². The number of carbonyl (C=O) groups excluding carboxylic acids is 1. The summed E-state index contributed by atoms with van der Waals surface area (Å²) in [7, 11) is 1.95. The Hall–Kier alpha value is -1.59. The Morgan fingerprint density at radius 2 is 2.15 bits per heavy atom. The lowest BCUT2D eigenvalue weighted by molar-refractivity contribution is -0.116. The largest absolute Gasteiger partial charge is 0.399 e. The lowest BCUT2D eigenvalue weighted by Gasteiger charge is -2.17. The van der Waals surface area contributed by atoms with Gasteiger partial charge in [-0.05, 0) is 51.1 Å². The fraction of sp³-hybridized carbons (Fsp3) is 0.533. The van der Waals surface area contributed by atoms with E-state index in [1.807, 2.05) is 31.0 Å². The highest BCUT2D eigenvalue weighted by atomic mass is 16.3. The number of nitrogens with one attached hydrogen (secondary N) is 1. The Balaban J connectivity index is 2.36. The zero-order valence-electron chi connectivity index (χ0n) is 12.5. The maximum Gasteiger partial charge on any atom is 0.225 e. The summed E-state index contributed by atoms with van der Waals surface area (Å²) in [5.74, 6) is -0.0123. The van der Waals surface area contributed by atoms with Crippen LogP contribution in [-0.4, -0.2) is 42.2 Å². The summed E-state index contributed by atoms with van der Waals surface area (Å²) in [6.45, 7) is 5.14. The average Bonchev–Trinajstić information content (AvgIpc) is 2.37. The monoisotopic (exact) mass is 279 g/mol. The second-order valence-electron chi connectivity index (χ2n) is 5.31. The number of aliphatic hydroxyl groups is 1. The van der Waals surface area contributed by atoms with E-state index in [2.05, 4.69) is 5.32 Å². The van der Waals surface area contributed by atoms with E-state index < -0.39 is 0 Å². The van der Waals surface area contributed by atoms with Gasteiger partial charge < -0.3 is 21.1 Å². The first-order chi connectivity index (χ1) is 9.38. The number of nitrogen functional groups attached to an aromatic ring is 1. The minimum atomic E-state index is -0.302. The molecule has 0 radical (unpaired) electrons. The van der Waals surface area contributed by atoms with Crippen molar-refractivity contribution in [1.29, 1.82) is 0 Å².